The molecule has 0 radical (unpaired) electrons. The van der Waals surface area contributed by atoms with Gasteiger partial charge in [0.2, 0.25) is 5.96 Å². The van der Waals surface area contributed by atoms with Gasteiger partial charge in [0, 0.05) is 35.4 Å². The summed E-state index contributed by atoms with van der Waals surface area (Å²) in [5, 5.41) is 0. The molecule has 0 saturated carbocycles. The molecule has 3 N–H and O–H groups in total. The molecular formula is C11H16N4OS. The highest BCUT2D eigenvalue weighted by atomic mass is 32.2. The maximum atomic E-state index is 11.3. The second-order valence-corrected chi connectivity index (χ2v) is 5.45. The van der Waals surface area contributed by atoms with Crippen LogP contribution in [0.1, 0.15) is 0 Å². The number of nitrogens with one attached hydrogen (secondary N) is 1. The normalized spacial score (nSPS) is 18.2. The fourth-order valence-corrected chi connectivity index (χ4v) is 2.72. The largest absolute Gasteiger partial charge is 0.340 e. The number of nitrogens with two attached hydrogens (primary N) is 1. The van der Waals surface area contributed by atoms with Gasteiger partial charge >= 0.3 is 0 Å². The number of hydrogen-bond donors (Lipinski definition) is 2. The van der Waals surface area contributed by atoms with Crippen LogP contribution in [0.3, 0.4) is 0 Å². The molecule has 2 rings (SSSR count). The number of para-hydroxylation sites is 1. The van der Waals surface area contributed by atoms with Crippen LogP contribution in [0, 0.1) is 0 Å². The van der Waals surface area contributed by atoms with Crippen molar-refractivity contribution < 1.29 is 4.21 Å². The SMILES string of the molecule is NNC(=Nc1ccccc1)N1CCS(=O)CC1. The van der Waals surface area contributed by atoms with Gasteiger partial charge in [0.25, 0.3) is 0 Å². The molecule has 1 aromatic carbocycles. The van der Waals surface area contributed by atoms with Crippen LogP contribution in [0.2, 0.25) is 0 Å². The van der Waals surface area contributed by atoms with Gasteiger partial charge in [0.1, 0.15) is 0 Å². The lowest BCUT2D eigenvalue weighted by molar-refractivity contribution is 0.439. The maximum Gasteiger partial charge on any atom is 0.213 e. The van der Waals surface area contributed by atoms with E-state index in [0.29, 0.717) is 17.5 Å². The first-order valence-corrected chi connectivity index (χ1v) is 6.98. The first-order valence-electron chi connectivity index (χ1n) is 5.50. The number of nitrogens with zero attached hydrogens (tertiary/aromatic N) is 2. The predicted molar refractivity (Wildman–Crippen MR) is 70.3 cm³/mol. The van der Waals surface area contributed by atoms with Gasteiger partial charge in [-0.3, -0.25) is 9.63 Å². The smallest absolute Gasteiger partial charge is 0.213 e. The van der Waals surface area contributed by atoms with Gasteiger partial charge < -0.3 is 4.90 Å². The Bertz CT molecular complexity index is 411. The van der Waals surface area contributed by atoms with Gasteiger partial charge in [0.05, 0.1) is 5.69 Å². The first kappa shape index (κ1) is 12.1. The van der Waals surface area contributed by atoms with Crippen molar-refractivity contribution in [2.75, 3.05) is 24.6 Å². The van der Waals surface area contributed by atoms with Gasteiger partial charge in [-0.2, -0.15) is 0 Å². The quantitative estimate of drug-likeness (QED) is 0.324. The second kappa shape index (κ2) is 5.79. The average molecular weight is 252 g/mol. The number of hydrogen-bond acceptors (Lipinski definition) is 3. The molecule has 6 heteroatoms. The van der Waals surface area contributed by atoms with Crippen molar-refractivity contribution in [3.8, 4) is 0 Å². The molecule has 1 saturated heterocycles. The Labute approximate surface area is 103 Å². The van der Waals surface area contributed by atoms with E-state index in [9.17, 15) is 4.21 Å². The zero-order chi connectivity index (χ0) is 12.1. The predicted octanol–water partition coefficient (Wildman–Crippen LogP) is 0.202. The average Bonchev–Trinajstić information content (AvgIpc) is 2.38. The molecule has 0 bridgehead atoms. The standard InChI is InChI=1S/C11H16N4OS/c12-14-11(13-10-4-2-1-3-5-10)15-6-8-17(16)9-7-15/h1-5H,6-9,12H2,(H,13,14). The molecule has 0 unspecified atom stereocenters. The van der Waals surface area contributed by atoms with Crippen molar-refractivity contribution in [1.29, 1.82) is 0 Å². The van der Waals surface area contributed by atoms with E-state index in [1.165, 1.54) is 0 Å². The third-order valence-electron chi connectivity index (χ3n) is 2.60. The van der Waals surface area contributed by atoms with Crippen LogP contribution in [0.25, 0.3) is 0 Å². The highest BCUT2D eigenvalue weighted by Gasteiger charge is 2.17. The number of benzene rings is 1. The van der Waals surface area contributed by atoms with Crippen molar-refractivity contribution in [2.45, 2.75) is 0 Å². The van der Waals surface area contributed by atoms with Crippen LogP contribution in [-0.4, -0.2) is 39.7 Å². The van der Waals surface area contributed by atoms with Crippen LogP contribution < -0.4 is 11.3 Å². The Morgan fingerprint density at radius 3 is 2.53 bits per heavy atom. The van der Waals surface area contributed by atoms with E-state index in [0.717, 1.165) is 18.8 Å². The summed E-state index contributed by atoms with van der Waals surface area (Å²) in [6, 6.07) is 9.63. The number of aliphatic imine (C=N–C) groups is 1. The summed E-state index contributed by atoms with van der Waals surface area (Å²) in [4.78, 5) is 6.46. The molecule has 17 heavy (non-hydrogen) atoms. The monoisotopic (exact) mass is 252 g/mol. The number of guanidine groups is 1. The Balaban J connectivity index is 2.11. The fourth-order valence-electron chi connectivity index (χ4n) is 1.67. The minimum absolute atomic E-state index is 0.632. The van der Waals surface area contributed by atoms with Crippen LogP contribution in [0.15, 0.2) is 35.3 Å². The van der Waals surface area contributed by atoms with Crippen LogP contribution in [-0.2, 0) is 10.8 Å². The molecule has 1 aliphatic rings. The number of hydrazine groups is 1. The van der Waals surface area contributed by atoms with Crippen molar-refractivity contribution in [3.63, 3.8) is 0 Å². The molecular weight excluding hydrogens is 236 g/mol. The number of rotatable bonds is 1. The molecule has 5 nitrogen and oxygen atoms in total. The van der Waals surface area contributed by atoms with E-state index in [-0.39, 0.29) is 0 Å². The van der Waals surface area contributed by atoms with E-state index >= 15 is 0 Å². The summed E-state index contributed by atoms with van der Waals surface area (Å²) in [5.41, 5.74) is 3.47. The summed E-state index contributed by atoms with van der Waals surface area (Å²) in [7, 11) is -0.691. The van der Waals surface area contributed by atoms with Crippen molar-refractivity contribution in [2.24, 2.45) is 10.8 Å². The lowest BCUT2D eigenvalue weighted by atomic mass is 10.3. The molecule has 1 aromatic rings. The van der Waals surface area contributed by atoms with Crippen molar-refractivity contribution in [1.82, 2.24) is 10.3 Å². The zero-order valence-corrected chi connectivity index (χ0v) is 10.3. The van der Waals surface area contributed by atoms with Crippen LogP contribution >= 0.6 is 0 Å². The Hall–Kier alpha value is -1.40. The molecule has 92 valence electrons. The summed E-state index contributed by atoms with van der Waals surface area (Å²) in [6.07, 6.45) is 0. The molecule has 1 heterocycles. The Kier molecular flexibility index (Phi) is 4.11. The molecule has 0 atom stereocenters. The molecule has 0 aromatic heterocycles. The molecule has 0 spiro atoms. The van der Waals surface area contributed by atoms with Crippen LogP contribution in [0.4, 0.5) is 5.69 Å². The second-order valence-electron chi connectivity index (χ2n) is 3.75. The third-order valence-corrected chi connectivity index (χ3v) is 3.87. The Morgan fingerprint density at radius 1 is 1.29 bits per heavy atom. The summed E-state index contributed by atoms with van der Waals surface area (Å²) in [6.45, 7) is 1.45. The van der Waals surface area contributed by atoms with E-state index in [4.69, 9.17) is 5.84 Å². The first-order chi connectivity index (χ1) is 8.29. The van der Waals surface area contributed by atoms with Crippen LogP contribution in [0.5, 0.6) is 0 Å². The zero-order valence-electron chi connectivity index (χ0n) is 9.50. The maximum absolute atomic E-state index is 11.3. The molecule has 1 aliphatic heterocycles. The third kappa shape index (κ3) is 3.28. The fraction of sp³-hybridized carbons (Fsp3) is 0.364. The molecule has 0 aliphatic carbocycles. The molecule has 1 fully saturated rings. The van der Waals surface area contributed by atoms with E-state index in [1.54, 1.807) is 0 Å². The topological polar surface area (TPSA) is 70.7 Å². The minimum atomic E-state index is -0.691. The summed E-state index contributed by atoms with van der Waals surface area (Å²) in [5.74, 6) is 7.47. The van der Waals surface area contributed by atoms with Gasteiger partial charge in [-0.1, -0.05) is 18.2 Å². The van der Waals surface area contributed by atoms with E-state index in [2.05, 4.69) is 10.4 Å². The van der Waals surface area contributed by atoms with Gasteiger partial charge in [-0.05, 0) is 12.1 Å². The lowest BCUT2D eigenvalue weighted by Gasteiger charge is -2.28. The van der Waals surface area contributed by atoms with E-state index in [1.807, 2.05) is 35.2 Å². The van der Waals surface area contributed by atoms with Crippen molar-refractivity contribution in [3.05, 3.63) is 30.3 Å². The highest BCUT2D eigenvalue weighted by molar-refractivity contribution is 7.85. The van der Waals surface area contributed by atoms with Gasteiger partial charge in [0.15, 0.2) is 0 Å². The van der Waals surface area contributed by atoms with Crippen molar-refractivity contribution >= 4 is 22.4 Å². The van der Waals surface area contributed by atoms with E-state index < -0.39 is 10.8 Å². The summed E-state index contributed by atoms with van der Waals surface area (Å²) >= 11 is 0. The lowest BCUT2D eigenvalue weighted by Crippen LogP contribution is -2.49. The van der Waals surface area contributed by atoms with Gasteiger partial charge in [-0.15, -0.1) is 0 Å². The molecule has 0 amide bonds. The van der Waals surface area contributed by atoms with Gasteiger partial charge in [-0.25, -0.2) is 10.8 Å². The Morgan fingerprint density at radius 2 is 1.94 bits per heavy atom. The highest BCUT2D eigenvalue weighted by Crippen LogP contribution is 2.11. The minimum Gasteiger partial charge on any atom is -0.340 e. The summed E-state index contributed by atoms with van der Waals surface area (Å²) < 4.78 is 11.3.